The van der Waals surface area contributed by atoms with Crippen molar-refractivity contribution >= 4 is 43.6 Å². The first kappa shape index (κ1) is 28.8. The Kier molecular flexibility index (Phi) is 6.56. The molecule has 9 rings (SSSR count). The van der Waals surface area contributed by atoms with Gasteiger partial charge in [0.15, 0.2) is 0 Å². The molecule has 0 saturated carbocycles. The molecule has 0 fully saturated rings. The van der Waals surface area contributed by atoms with Gasteiger partial charge < -0.3 is 9.13 Å². The molecule has 0 saturated heterocycles. The summed E-state index contributed by atoms with van der Waals surface area (Å²) in [7, 11) is 0. The first-order valence-corrected chi connectivity index (χ1v) is 16.3. The minimum atomic E-state index is 0.520. The number of benzene rings is 7. The van der Waals surface area contributed by atoms with E-state index in [0.29, 0.717) is 16.7 Å². The first-order valence-electron chi connectivity index (χ1n) is 16.3. The summed E-state index contributed by atoms with van der Waals surface area (Å²) in [5, 5.41) is 34.2. The zero-order chi connectivity index (χ0) is 33.8. The van der Waals surface area contributed by atoms with Crippen LogP contribution >= 0.6 is 0 Å². The molecule has 0 aliphatic carbocycles. The lowest BCUT2D eigenvalue weighted by Crippen LogP contribution is -2.00. The highest BCUT2D eigenvalue weighted by atomic mass is 15.0. The van der Waals surface area contributed by atoms with Crippen LogP contribution < -0.4 is 0 Å². The average molecular weight is 636 g/mol. The summed E-state index contributed by atoms with van der Waals surface area (Å²) in [6.45, 7) is 0. The molecule has 0 bridgehead atoms. The lowest BCUT2D eigenvalue weighted by atomic mass is 9.94. The third-order valence-electron chi connectivity index (χ3n) is 9.61. The molecular formula is C45H25N5. The second-order valence-electron chi connectivity index (χ2n) is 12.3. The van der Waals surface area contributed by atoms with Crippen LogP contribution in [0.5, 0.6) is 0 Å². The maximum atomic E-state index is 10.4. The summed E-state index contributed by atoms with van der Waals surface area (Å²) >= 11 is 0. The summed E-state index contributed by atoms with van der Waals surface area (Å²) in [4.78, 5) is 0. The Morgan fingerprint density at radius 1 is 0.400 bits per heavy atom. The fourth-order valence-corrected chi connectivity index (χ4v) is 7.50. The van der Waals surface area contributed by atoms with Crippen LogP contribution in [0.25, 0.3) is 77.2 Å². The summed E-state index contributed by atoms with van der Waals surface area (Å²) < 4.78 is 4.43. The number of para-hydroxylation sites is 2. The second kappa shape index (κ2) is 11.4. The van der Waals surface area contributed by atoms with Crippen LogP contribution in [0, 0.1) is 34.0 Å². The van der Waals surface area contributed by atoms with Gasteiger partial charge in [0.1, 0.15) is 0 Å². The Balaban J connectivity index is 1.25. The number of hydrogen-bond acceptors (Lipinski definition) is 3. The maximum Gasteiger partial charge on any atom is 0.0998 e. The first-order chi connectivity index (χ1) is 24.7. The highest BCUT2D eigenvalue weighted by molar-refractivity contribution is 6.13. The standard InChI is InChI=1S/C45H25N5/c46-26-29-21-22-41-38(23-29)45-34(28-48)13-8-20-43(45)50(41)42-19-7-12-33(27-47)44(42)32-11-5-9-30(24-32)31-10-6-14-35(25-31)49-39-17-3-1-15-36(39)37-16-2-4-18-40(37)49/h1-25H. The summed E-state index contributed by atoms with van der Waals surface area (Å²) in [5.74, 6) is 0. The van der Waals surface area contributed by atoms with Gasteiger partial charge in [0.2, 0.25) is 0 Å². The van der Waals surface area contributed by atoms with Crippen LogP contribution in [0.15, 0.2) is 152 Å². The van der Waals surface area contributed by atoms with Crippen LogP contribution in [-0.2, 0) is 0 Å². The van der Waals surface area contributed by atoms with Crippen molar-refractivity contribution in [3.8, 4) is 51.8 Å². The predicted molar refractivity (Wildman–Crippen MR) is 200 cm³/mol. The van der Waals surface area contributed by atoms with E-state index in [0.717, 1.165) is 66.5 Å². The quantitative estimate of drug-likeness (QED) is 0.193. The average Bonchev–Trinajstić information content (AvgIpc) is 3.70. The van der Waals surface area contributed by atoms with Crippen LogP contribution in [0.2, 0.25) is 0 Å². The van der Waals surface area contributed by atoms with Crippen molar-refractivity contribution in [2.45, 2.75) is 0 Å². The molecule has 9 aromatic rings. The normalized spacial score (nSPS) is 11.1. The minimum Gasteiger partial charge on any atom is -0.309 e. The summed E-state index contributed by atoms with van der Waals surface area (Å²) in [6, 6.07) is 57.9. The SMILES string of the molecule is N#Cc1ccc2c(c1)c1c(C#N)cccc1n2-c1cccc(C#N)c1-c1cccc(-c2cccc(-n3c4ccccc4c4ccccc43)c2)c1. The topological polar surface area (TPSA) is 81.2 Å². The van der Waals surface area contributed by atoms with Crippen molar-refractivity contribution in [1.29, 1.82) is 15.8 Å². The zero-order valence-corrected chi connectivity index (χ0v) is 26.7. The van der Waals surface area contributed by atoms with Crippen molar-refractivity contribution in [1.82, 2.24) is 9.13 Å². The molecule has 5 nitrogen and oxygen atoms in total. The van der Waals surface area contributed by atoms with E-state index in [1.54, 1.807) is 12.1 Å². The number of rotatable bonds is 4. The van der Waals surface area contributed by atoms with E-state index in [2.05, 4.69) is 112 Å². The molecule has 0 atom stereocenters. The van der Waals surface area contributed by atoms with Crippen molar-refractivity contribution in [2.75, 3.05) is 0 Å². The summed E-state index contributed by atoms with van der Waals surface area (Å²) in [5.41, 5.74) is 11.2. The van der Waals surface area contributed by atoms with Gasteiger partial charge in [-0.3, -0.25) is 0 Å². The molecule has 2 heterocycles. The molecule has 7 aromatic carbocycles. The molecule has 5 heteroatoms. The highest BCUT2D eigenvalue weighted by Gasteiger charge is 2.21. The number of hydrogen-bond donors (Lipinski definition) is 0. The van der Waals surface area contributed by atoms with Gasteiger partial charge in [0.25, 0.3) is 0 Å². The van der Waals surface area contributed by atoms with Gasteiger partial charge in [-0.15, -0.1) is 0 Å². The van der Waals surface area contributed by atoms with Crippen molar-refractivity contribution in [3.05, 3.63) is 168 Å². The van der Waals surface area contributed by atoms with Crippen molar-refractivity contribution in [2.24, 2.45) is 0 Å². The Hall–Kier alpha value is -7.39. The smallest absolute Gasteiger partial charge is 0.0998 e. The summed E-state index contributed by atoms with van der Waals surface area (Å²) in [6.07, 6.45) is 0. The van der Waals surface area contributed by atoms with Gasteiger partial charge in [-0.05, 0) is 89.5 Å². The zero-order valence-electron chi connectivity index (χ0n) is 26.7. The Morgan fingerprint density at radius 3 is 1.74 bits per heavy atom. The van der Waals surface area contributed by atoms with E-state index in [-0.39, 0.29) is 0 Å². The van der Waals surface area contributed by atoms with E-state index in [4.69, 9.17) is 0 Å². The van der Waals surface area contributed by atoms with Gasteiger partial charge in [-0.2, -0.15) is 15.8 Å². The minimum absolute atomic E-state index is 0.520. The lowest BCUT2D eigenvalue weighted by molar-refractivity contribution is 1.18. The van der Waals surface area contributed by atoms with E-state index >= 15 is 0 Å². The van der Waals surface area contributed by atoms with Crippen LogP contribution in [0.3, 0.4) is 0 Å². The maximum absolute atomic E-state index is 10.4. The Labute approximate surface area is 287 Å². The monoisotopic (exact) mass is 635 g/mol. The molecule has 0 radical (unpaired) electrons. The molecule has 0 aliphatic heterocycles. The van der Waals surface area contributed by atoms with E-state index in [9.17, 15) is 15.8 Å². The van der Waals surface area contributed by atoms with Crippen molar-refractivity contribution in [3.63, 3.8) is 0 Å². The molecule has 0 N–H and O–H groups in total. The lowest BCUT2D eigenvalue weighted by Gasteiger charge is -2.16. The molecule has 0 aliphatic rings. The second-order valence-corrected chi connectivity index (χ2v) is 12.3. The van der Waals surface area contributed by atoms with Gasteiger partial charge in [0, 0.05) is 32.8 Å². The van der Waals surface area contributed by atoms with Gasteiger partial charge in [-0.1, -0.05) is 78.9 Å². The predicted octanol–water partition coefficient (Wildman–Crippen LogP) is 10.8. The molecular weight excluding hydrogens is 611 g/mol. The molecule has 230 valence electrons. The van der Waals surface area contributed by atoms with Crippen LogP contribution in [-0.4, -0.2) is 9.13 Å². The van der Waals surface area contributed by atoms with Crippen LogP contribution in [0.4, 0.5) is 0 Å². The third-order valence-corrected chi connectivity index (χ3v) is 9.61. The molecule has 0 spiro atoms. The number of fused-ring (bicyclic) bond motifs is 6. The van der Waals surface area contributed by atoms with E-state index < -0.39 is 0 Å². The Morgan fingerprint density at radius 2 is 1.00 bits per heavy atom. The fraction of sp³-hybridized carbons (Fsp3) is 0. The third kappa shape index (κ3) is 4.31. The van der Waals surface area contributed by atoms with Crippen LogP contribution in [0.1, 0.15) is 16.7 Å². The molecule has 50 heavy (non-hydrogen) atoms. The van der Waals surface area contributed by atoms with E-state index in [1.165, 1.54) is 10.8 Å². The van der Waals surface area contributed by atoms with Gasteiger partial charge in [0.05, 0.1) is 62.7 Å². The van der Waals surface area contributed by atoms with Gasteiger partial charge >= 0.3 is 0 Å². The largest absolute Gasteiger partial charge is 0.309 e. The molecule has 2 aromatic heterocycles. The van der Waals surface area contributed by atoms with Crippen molar-refractivity contribution < 1.29 is 0 Å². The Bertz CT molecular complexity index is 2920. The van der Waals surface area contributed by atoms with Gasteiger partial charge in [-0.25, -0.2) is 0 Å². The fourth-order valence-electron chi connectivity index (χ4n) is 7.50. The number of aromatic nitrogens is 2. The number of nitrogens with zero attached hydrogens (tertiary/aromatic N) is 5. The number of nitriles is 3. The van der Waals surface area contributed by atoms with E-state index in [1.807, 2.05) is 54.6 Å². The molecule has 0 amide bonds. The highest BCUT2D eigenvalue weighted by Crippen LogP contribution is 2.40. The molecule has 0 unspecified atom stereocenters.